The van der Waals surface area contributed by atoms with Crippen molar-refractivity contribution in [2.45, 2.75) is 56.9 Å². The van der Waals surface area contributed by atoms with E-state index in [4.69, 9.17) is 19.6 Å². The molecule has 2 aromatic heterocycles. The summed E-state index contributed by atoms with van der Waals surface area (Å²) in [5, 5.41) is 9.06. The van der Waals surface area contributed by atoms with Crippen LogP contribution >= 0.6 is 0 Å². The molecular formula is C20H29N3O3. The van der Waals surface area contributed by atoms with Crippen LogP contribution in [0.5, 0.6) is 0 Å². The van der Waals surface area contributed by atoms with Gasteiger partial charge in [-0.3, -0.25) is 4.90 Å². The van der Waals surface area contributed by atoms with Crippen LogP contribution < -0.4 is 0 Å². The lowest BCUT2D eigenvalue weighted by atomic mass is 9.79. The van der Waals surface area contributed by atoms with Crippen molar-refractivity contribution in [3.8, 4) is 0 Å². The summed E-state index contributed by atoms with van der Waals surface area (Å²) in [6, 6.07) is 6.60. The monoisotopic (exact) mass is 359 g/mol. The van der Waals surface area contributed by atoms with Gasteiger partial charge in [0.05, 0.1) is 36.1 Å². The summed E-state index contributed by atoms with van der Waals surface area (Å²) in [6.07, 6.45) is 6.32. The van der Waals surface area contributed by atoms with Gasteiger partial charge in [-0.2, -0.15) is 0 Å². The van der Waals surface area contributed by atoms with Gasteiger partial charge in [0.15, 0.2) is 0 Å². The highest BCUT2D eigenvalue weighted by Gasteiger charge is 2.51. The minimum atomic E-state index is -0.0658. The molecule has 0 aromatic carbocycles. The van der Waals surface area contributed by atoms with Crippen LogP contribution in [0.25, 0.3) is 5.52 Å². The van der Waals surface area contributed by atoms with Crippen molar-refractivity contribution >= 4 is 5.52 Å². The lowest BCUT2D eigenvalue weighted by Gasteiger charge is -2.43. The van der Waals surface area contributed by atoms with Crippen LogP contribution in [0.15, 0.2) is 24.4 Å². The number of likely N-dealkylation sites (tertiary alicyclic amines) is 1. The predicted octanol–water partition coefficient (Wildman–Crippen LogP) is 2.16. The third-order valence-electron chi connectivity index (χ3n) is 6.25. The molecule has 1 aliphatic heterocycles. The number of aliphatic hydroxyl groups is 1. The Kier molecular flexibility index (Phi) is 5.01. The van der Waals surface area contributed by atoms with E-state index in [1.165, 1.54) is 5.52 Å². The normalized spacial score (nSPS) is 29.3. The third kappa shape index (κ3) is 3.05. The molecule has 142 valence electrons. The number of hydrogen-bond donors (Lipinski definition) is 1. The predicted molar refractivity (Wildman–Crippen MR) is 99.2 cm³/mol. The maximum absolute atomic E-state index is 9.06. The number of imidazole rings is 1. The molecule has 6 nitrogen and oxygen atoms in total. The zero-order chi connectivity index (χ0) is 18.1. The quantitative estimate of drug-likeness (QED) is 0.857. The van der Waals surface area contributed by atoms with E-state index in [0.717, 1.165) is 50.3 Å². The summed E-state index contributed by atoms with van der Waals surface area (Å²) < 4.78 is 14.1. The zero-order valence-corrected chi connectivity index (χ0v) is 15.7. The van der Waals surface area contributed by atoms with E-state index in [1.54, 1.807) is 0 Å². The summed E-state index contributed by atoms with van der Waals surface area (Å²) in [6.45, 7) is 4.42. The Labute approximate surface area is 154 Å². The second kappa shape index (κ2) is 7.27. The van der Waals surface area contributed by atoms with E-state index in [-0.39, 0.29) is 18.3 Å². The molecule has 2 fully saturated rings. The first-order valence-electron chi connectivity index (χ1n) is 9.61. The number of aliphatic hydroxyl groups excluding tert-OH is 1. The molecule has 3 heterocycles. The minimum absolute atomic E-state index is 0.0658. The van der Waals surface area contributed by atoms with Crippen molar-refractivity contribution in [1.82, 2.24) is 14.3 Å². The van der Waals surface area contributed by atoms with Gasteiger partial charge in [0.1, 0.15) is 5.82 Å². The van der Waals surface area contributed by atoms with Crippen molar-refractivity contribution in [3.63, 3.8) is 0 Å². The summed E-state index contributed by atoms with van der Waals surface area (Å²) in [5.74, 6) is 1.03. The lowest BCUT2D eigenvalue weighted by Crippen LogP contribution is -2.51. The number of ether oxygens (including phenoxy) is 2. The first kappa shape index (κ1) is 17.9. The van der Waals surface area contributed by atoms with Crippen molar-refractivity contribution in [2.24, 2.45) is 0 Å². The van der Waals surface area contributed by atoms with Gasteiger partial charge in [0.2, 0.25) is 0 Å². The molecule has 0 unspecified atom stereocenters. The van der Waals surface area contributed by atoms with Gasteiger partial charge in [-0.15, -0.1) is 0 Å². The molecule has 26 heavy (non-hydrogen) atoms. The number of rotatable bonds is 6. The number of pyridine rings is 1. The zero-order valence-electron chi connectivity index (χ0n) is 15.7. The molecule has 4 rings (SSSR count). The van der Waals surface area contributed by atoms with Crippen LogP contribution in [-0.2, 0) is 16.0 Å². The molecule has 0 spiro atoms. The second-order valence-corrected chi connectivity index (χ2v) is 7.56. The number of aryl methyl sites for hydroxylation is 1. The molecule has 0 bridgehead atoms. The van der Waals surface area contributed by atoms with Crippen LogP contribution in [0.4, 0.5) is 0 Å². The molecule has 1 saturated carbocycles. The van der Waals surface area contributed by atoms with Crippen molar-refractivity contribution in [2.75, 3.05) is 26.9 Å². The van der Waals surface area contributed by atoms with E-state index in [0.29, 0.717) is 12.6 Å². The van der Waals surface area contributed by atoms with E-state index < -0.39 is 0 Å². The van der Waals surface area contributed by atoms with E-state index >= 15 is 0 Å². The van der Waals surface area contributed by atoms with Gasteiger partial charge in [-0.25, -0.2) is 4.98 Å². The summed E-state index contributed by atoms with van der Waals surface area (Å²) in [5.41, 5.74) is 2.25. The largest absolute Gasteiger partial charge is 0.394 e. The van der Waals surface area contributed by atoms with E-state index in [9.17, 15) is 0 Å². The topological polar surface area (TPSA) is 59.2 Å². The van der Waals surface area contributed by atoms with Gasteiger partial charge in [0, 0.05) is 32.4 Å². The SMILES string of the molecule is CO[C@@]12CC[C@@H](OCCO)C[C@@H]1N(Cc1nc(C)n3ccccc13)CC2. The lowest BCUT2D eigenvalue weighted by molar-refractivity contribution is -0.104. The van der Waals surface area contributed by atoms with Gasteiger partial charge < -0.3 is 19.0 Å². The number of fused-ring (bicyclic) bond motifs is 2. The highest BCUT2D eigenvalue weighted by molar-refractivity contribution is 5.53. The van der Waals surface area contributed by atoms with Crippen LogP contribution in [0.2, 0.25) is 0 Å². The Balaban J connectivity index is 1.56. The molecule has 0 amide bonds. The Morgan fingerprint density at radius 2 is 2.23 bits per heavy atom. The van der Waals surface area contributed by atoms with Crippen molar-refractivity contribution in [3.05, 3.63) is 35.9 Å². The molecule has 2 aromatic rings. The van der Waals surface area contributed by atoms with Crippen LogP contribution in [-0.4, -0.2) is 64.0 Å². The highest BCUT2D eigenvalue weighted by atomic mass is 16.5. The molecule has 6 heteroatoms. The maximum Gasteiger partial charge on any atom is 0.110 e. The fourth-order valence-corrected chi connectivity index (χ4v) is 4.89. The Morgan fingerprint density at radius 3 is 3.04 bits per heavy atom. The number of hydrogen-bond acceptors (Lipinski definition) is 5. The molecule has 2 aliphatic rings. The average Bonchev–Trinajstić information content (AvgIpc) is 3.19. The fourth-order valence-electron chi connectivity index (χ4n) is 4.89. The van der Waals surface area contributed by atoms with E-state index in [1.807, 2.05) is 13.2 Å². The molecule has 1 saturated heterocycles. The van der Waals surface area contributed by atoms with Crippen LogP contribution in [0.3, 0.4) is 0 Å². The standard InChI is InChI=1S/C20H29N3O3/c1-15-21-17(18-5-3-4-9-23(15)18)14-22-10-8-20(25-2)7-6-16(13-19(20)22)26-12-11-24/h3-5,9,16,19,24H,6-8,10-14H2,1-2H3/t16-,19+,20-/m1/s1. The third-order valence-corrected chi connectivity index (χ3v) is 6.25. The number of aromatic nitrogens is 2. The van der Waals surface area contributed by atoms with Crippen molar-refractivity contribution in [1.29, 1.82) is 0 Å². The molecule has 3 atom stereocenters. The Hall–Kier alpha value is -1.47. The minimum Gasteiger partial charge on any atom is -0.394 e. The summed E-state index contributed by atoms with van der Waals surface area (Å²) in [4.78, 5) is 7.34. The first-order valence-corrected chi connectivity index (χ1v) is 9.61. The smallest absolute Gasteiger partial charge is 0.110 e. The number of nitrogens with zero attached hydrogens (tertiary/aromatic N) is 3. The molecule has 0 radical (unpaired) electrons. The van der Waals surface area contributed by atoms with Crippen molar-refractivity contribution < 1.29 is 14.6 Å². The second-order valence-electron chi connectivity index (χ2n) is 7.56. The fraction of sp³-hybridized carbons (Fsp3) is 0.650. The van der Waals surface area contributed by atoms with Gasteiger partial charge >= 0.3 is 0 Å². The summed E-state index contributed by atoms with van der Waals surface area (Å²) in [7, 11) is 1.85. The van der Waals surface area contributed by atoms with E-state index in [2.05, 4.69) is 34.6 Å². The highest BCUT2D eigenvalue weighted by Crippen LogP contribution is 2.43. The van der Waals surface area contributed by atoms with Gasteiger partial charge in [0.25, 0.3) is 0 Å². The Bertz CT molecular complexity index is 762. The van der Waals surface area contributed by atoms with Gasteiger partial charge in [-0.1, -0.05) is 6.07 Å². The summed E-state index contributed by atoms with van der Waals surface area (Å²) >= 11 is 0. The molecular weight excluding hydrogens is 330 g/mol. The molecule has 1 N–H and O–H groups in total. The average molecular weight is 359 g/mol. The Morgan fingerprint density at radius 1 is 1.35 bits per heavy atom. The van der Waals surface area contributed by atoms with Crippen LogP contribution in [0, 0.1) is 6.92 Å². The molecule has 1 aliphatic carbocycles. The first-order chi connectivity index (χ1) is 12.7. The number of methoxy groups -OCH3 is 1. The van der Waals surface area contributed by atoms with Gasteiger partial charge in [-0.05, 0) is 44.7 Å². The van der Waals surface area contributed by atoms with Crippen LogP contribution in [0.1, 0.15) is 37.2 Å². The maximum atomic E-state index is 9.06.